The van der Waals surface area contributed by atoms with E-state index in [4.69, 9.17) is 0 Å². The molecule has 0 amide bonds. The third kappa shape index (κ3) is 5.22. The first kappa shape index (κ1) is 10.9. The monoisotopic (exact) mass is 158 g/mol. The van der Waals surface area contributed by atoms with E-state index in [0.29, 0.717) is 0 Å². The van der Waals surface area contributed by atoms with E-state index in [1.54, 1.807) is 0 Å². The lowest BCUT2D eigenvalue weighted by Gasteiger charge is -2.15. The van der Waals surface area contributed by atoms with Gasteiger partial charge in [0.2, 0.25) is 0 Å². The largest absolute Gasteiger partial charge is 0.313 e. The molecule has 1 saturated heterocycles. The molecule has 0 radical (unpaired) electrons. The molecule has 0 aromatic heterocycles. The Kier molecular flexibility index (Phi) is 6.57. The summed E-state index contributed by atoms with van der Waals surface area (Å²) in [5.74, 6) is 0. The number of nitrogens with zero attached hydrogens (tertiary/aromatic N) is 1. The van der Waals surface area contributed by atoms with Gasteiger partial charge in [-0.15, -0.1) is 0 Å². The molecule has 0 aromatic carbocycles. The third-order valence-corrected chi connectivity index (χ3v) is 1.75. The van der Waals surface area contributed by atoms with Crippen LogP contribution in [0.25, 0.3) is 0 Å². The summed E-state index contributed by atoms with van der Waals surface area (Å²) in [5, 5.41) is 3.45. The van der Waals surface area contributed by atoms with Crippen molar-refractivity contribution >= 4 is 0 Å². The van der Waals surface area contributed by atoms with Gasteiger partial charge in [0.05, 0.1) is 0 Å². The van der Waals surface area contributed by atoms with Gasteiger partial charge in [-0.1, -0.05) is 13.8 Å². The van der Waals surface area contributed by atoms with E-state index in [1.807, 2.05) is 13.8 Å². The number of rotatable bonds is 2. The molecule has 1 N–H and O–H groups in total. The smallest absolute Gasteiger partial charge is 0.0195 e. The van der Waals surface area contributed by atoms with Crippen molar-refractivity contribution in [1.29, 1.82) is 0 Å². The summed E-state index contributed by atoms with van der Waals surface area (Å²) in [6, 6.07) is 0.764. The van der Waals surface area contributed by atoms with Crippen molar-refractivity contribution in [2.45, 2.75) is 32.7 Å². The zero-order valence-corrected chi connectivity index (χ0v) is 8.35. The minimum absolute atomic E-state index is 0.764. The average molecular weight is 158 g/mol. The molecule has 1 atom stereocenters. The molecule has 0 aromatic rings. The van der Waals surface area contributed by atoms with Crippen molar-refractivity contribution in [2.75, 3.05) is 27.2 Å². The van der Waals surface area contributed by atoms with Crippen molar-refractivity contribution in [3.8, 4) is 0 Å². The highest BCUT2D eigenvalue weighted by Crippen LogP contribution is 2.04. The van der Waals surface area contributed by atoms with Gasteiger partial charge < -0.3 is 10.2 Å². The second-order valence-electron chi connectivity index (χ2n) is 3.06. The molecular weight excluding hydrogens is 136 g/mol. The zero-order valence-electron chi connectivity index (χ0n) is 8.35. The Morgan fingerprint density at radius 2 is 2.00 bits per heavy atom. The van der Waals surface area contributed by atoms with Crippen LogP contribution in [-0.4, -0.2) is 38.1 Å². The Balaban J connectivity index is 0.000000461. The van der Waals surface area contributed by atoms with Gasteiger partial charge >= 0.3 is 0 Å². The summed E-state index contributed by atoms with van der Waals surface area (Å²) >= 11 is 0. The second kappa shape index (κ2) is 6.62. The van der Waals surface area contributed by atoms with Crippen LogP contribution in [0.5, 0.6) is 0 Å². The van der Waals surface area contributed by atoms with Crippen LogP contribution in [0.4, 0.5) is 0 Å². The van der Waals surface area contributed by atoms with Gasteiger partial charge in [-0.2, -0.15) is 0 Å². The van der Waals surface area contributed by atoms with Crippen LogP contribution >= 0.6 is 0 Å². The third-order valence-electron chi connectivity index (χ3n) is 1.75. The van der Waals surface area contributed by atoms with Crippen LogP contribution in [0.1, 0.15) is 26.7 Å². The van der Waals surface area contributed by atoms with Crippen molar-refractivity contribution in [3.63, 3.8) is 0 Å². The van der Waals surface area contributed by atoms with Crippen molar-refractivity contribution in [2.24, 2.45) is 0 Å². The van der Waals surface area contributed by atoms with Crippen molar-refractivity contribution in [1.82, 2.24) is 10.2 Å². The molecule has 2 heteroatoms. The zero-order chi connectivity index (χ0) is 8.69. The maximum atomic E-state index is 3.45. The van der Waals surface area contributed by atoms with Crippen molar-refractivity contribution < 1.29 is 0 Å². The van der Waals surface area contributed by atoms with E-state index in [1.165, 1.54) is 25.9 Å². The maximum Gasteiger partial charge on any atom is 0.0195 e. The summed E-state index contributed by atoms with van der Waals surface area (Å²) < 4.78 is 0. The second-order valence-corrected chi connectivity index (χ2v) is 3.06. The highest BCUT2D eigenvalue weighted by molar-refractivity contribution is 4.75. The van der Waals surface area contributed by atoms with Gasteiger partial charge in [-0.05, 0) is 33.5 Å². The van der Waals surface area contributed by atoms with Crippen LogP contribution in [0, 0.1) is 0 Å². The summed E-state index contributed by atoms with van der Waals surface area (Å²) in [6.07, 6.45) is 2.72. The van der Waals surface area contributed by atoms with Crippen LogP contribution in [0.15, 0.2) is 0 Å². The molecule has 0 saturated carbocycles. The van der Waals surface area contributed by atoms with Gasteiger partial charge in [0.25, 0.3) is 0 Å². The molecule has 0 bridgehead atoms. The first-order valence-corrected chi connectivity index (χ1v) is 4.67. The lowest BCUT2D eigenvalue weighted by atomic mass is 10.2. The van der Waals surface area contributed by atoms with Gasteiger partial charge in [-0.25, -0.2) is 0 Å². The molecule has 1 fully saturated rings. The maximum absolute atomic E-state index is 3.45. The minimum Gasteiger partial charge on any atom is -0.313 e. The fourth-order valence-corrected chi connectivity index (χ4v) is 1.35. The van der Waals surface area contributed by atoms with E-state index in [-0.39, 0.29) is 0 Å². The number of nitrogens with one attached hydrogen (secondary N) is 1. The average Bonchev–Trinajstić information content (AvgIpc) is 2.43. The van der Waals surface area contributed by atoms with Crippen LogP contribution in [0.3, 0.4) is 0 Å². The van der Waals surface area contributed by atoms with Gasteiger partial charge in [0.1, 0.15) is 0 Å². The minimum atomic E-state index is 0.764. The topological polar surface area (TPSA) is 15.3 Å². The van der Waals surface area contributed by atoms with E-state index >= 15 is 0 Å². The Morgan fingerprint density at radius 1 is 1.36 bits per heavy atom. The van der Waals surface area contributed by atoms with E-state index in [0.717, 1.165) is 6.04 Å². The molecular formula is C9H22N2. The molecule has 11 heavy (non-hydrogen) atoms. The highest BCUT2D eigenvalue weighted by atomic mass is 15.1. The summed E-state index contributed by atoms with van der Waals surface area (Å²) in [6.45, 7) is 6.42. The Morgan fingerprint density at radius 3 is 2.36 bits per heavy atom. The highest BCUT2D eigenvalue weighted by Gasteiger charge is 2.13. The Bertz CT molecular complexity index is 75.6. The fourth-order valence-electron chi connectivity index (χ4n) is 1.35. The Labute approximate surface area is 71.0 Å². The number of likely N-dealkylation sites (N-methyl/N-ethyl adjacent to an activating group) is 1. The van der Waals surface area contributed by atoms with Crippen LogP contribution in [0.2, 0.25) is 0 Å². The number of hydrogen-bond acceptors (Lipinski definition) is 2. The molecule has 2 nitrogen and oxygen atoms in total. The van der Waals surface area contributed by atoms with Gasteiger partial charge in [-0.3, -0.25) is 0 Å². The molecule has 1 rings (SSSR count). The standard InChI is InChI=1S/C7H16N2.C2H6/c1-9(2)6-7-4-3-5-8-7;1-2/h7-8H,3-6H2,1-2H3;1-2H3/t7-;/m1./s1. The van der Waals surface area contributed by atoms with E-state index < -0.39 is 0 Å². The van der Waals surface area contributed by atoms with Gasteiger partial charge in [0, 0.05) is 12.6 Å². The van der Waals surface area contributed by atoms with Gasteiger partial charge in [0.15, 0.2) is 0 Å². The molecule has 1 heterocycles. The predicted molar refractivity (Wildman–Crippen MR) is 50.9 cm³/mol. The van der Waals surface area contributed by atoms with Crippen molar-refractivity contribution in [3.05, 3.63) is 0 Å². The molecule has 68 valence electrons. The summed E-state index contributed by atoms with van der Waals surface area (Å²) in [5.41, 5.74) is 0. The number of hydrogen-bond donors (Lipinski definition) is 1. The van der Waals surface area contributed by atoms with Crippen LogP contribution < -0.4 is 5.32 Å². The lowest BCUT2D eigenvalue weighted by Crippen LogP contribution is -2.33. The quantitative estimate of drug-likeness (QED) is 0.652. The first-order valence-electron chi connectivity index (χ1n) is 4.67. The summed E-state index contributed by atoms with van der Waals surface area (Å²) in [7, 11) is 4.25. The fraction of sp³-hybridized carbons (Fsp3) is 1.00. The SMILES string of the molecule is CC.CN(C)C[C@H]1CCCN1. The Hall–Kier alpha value is -0.0800. The predicted octanol–water partition coefficient (Wildman–Crippen LogP) is 1.33. The lowest BCUT2D eigenvalue weighted by molar-refractivity contribution is 0.357. The van der Waals surface area contributed by atoms with E-state index in [2.05, 4.69) is 24.3 Å². The van der Waals surface area contributed by atoms with E-state index in [9.17, 15) is 0 Å². The normalized spacial score (nSPS) is 23.2. The van der Waals surface area contributed by atoms with Crippen LogP contribution in [-0.2, 0) is 0 Å². The molecule has 0 aliphatic carbocycles. The summed E-state index contributed by atoms with van der Waals surface area (Å²) in [4.78, 5) is 2.24. The molecule has 0 spiro atoms. The molecule has 0 unspecified atom stereocenters. The first-order chi connectivity index (χ1) is 5.29. The molecule has 1 aliphatic rings. The molecule has 1 aliphatic heterocycles.